The maximum Gasteiger partial charge on any atom is 0.419 e. The molecule has 0 spiro atoms. The first-order valence-corrected chi connectivity index (χ1v) is 11.1. The molecule has 2 rings (SSSR count). The van der Waals surface area contributed by atoms with Crippen LogP contribution in [0.5, 0.6) is 0 Å². The number of hydrogen-bond donors (Lipinski definition) is 1. The van der Waals surface area contributed by atoms with E-state index in [0.29, 0.717) is 22.2 Å². The van der Waals surface area contributed by atoms with Crippen molar-refractivity contribution in [3.05, 3.63) is 40.1 Å². The lowest BCUT2D eigenvalue weighted by molar-refractivity contribution is -0.483. The highest BCUT2D eigenvalue weighted by molar-refractivity contribution is 5.99. The molecule has 0 bridgehead atoms. The fourth-order valence-electron chi connectivity index (χ4n) is 3.31. The van der Waals surface area contributed by atoms with Gasteiger partial charge in [-0.25, -0.2) is 4.79 Å². The van der Waals surface area contributed by atoms with Gasteiger partial charge >= 0.3 is 12.1 Å². The molecule has 0 aliphatic carbocycles. The zero-order valence-corrected chi connectivity index (χ0v) is 20.8. The second kappa shape index (κ2) is 10.2. The average molecular weight is 476 g/mol. The summed E-state index contributed by atoms with van der Waals surface area (Å²) in [6.45, 7) is 11.8. The predicted molar refractivity (Wildman–Crippen MR) is 128 cm³/mol. The van der Waals surface area contributed by atoms with Gasteiger partial charge in [0.25, 0.3) is 0 Å². The Morgan fingerprint density at radius 3 is 2.32 bits per heavy atom. The Morgan fingerprint density at radius 2 is 1.79 bits per heavy atom. The zero-order chi connectivity index (χ0) is 25.8. The van der Waals surface area contributed by atoms with E-state index in [1.165, 1.54) is 10.8 Å². The molecule has 1 aromatic carbocycles. The highest BCUT2D eigenvalue weighted by Crippen LogP contribution is 2.33. The van der Waals surface area contributed by atoms with Crippen LogP contribution in [0.4, 0.5) is 10.5 Å². The van der Waals surface area contributed by atoms with E-state index in [2.05, 4.69) is 5.32 Å². The van der Waals surface area contributed by atoms with Crippen molar-refractivity contribution in [1.29, 1.82) is 0 Å². The van der Waals surface area contributed by atoms with Crippen LogP contribution in [0, 0.1) is 15.5 Å². The molecule has 0 aliphatic heterocycles. The van der Waals surface area contributed by atoms with Crippen LogP contribution in [0.1, 0.15) is 66.4 Å². The Morgan fingerprint density at radius 1 is 1.15 bits per heavy atom. The molecule has 10 heteroatoms. The highest BCUT2D eigenvalue weighted by Gasteiger charge is 2.29. The standard InChI is InChI=1S/C24H33N3O7/c1-8-33-20(28)11-15(13-27(31)32)18-14-26(22(30)34-24(5,6)7)19-10-9-16(12-17(18)19)25-21(29)23(2,3)4/h9-10,12,14-15H,8,11,13H2,1-7H3,(H,25,29). The summed E-state index contributed by atoms with van der Waals surface area (Å²) in [7, 11) is 0. The van der Waals surface area contributed by atoms with Crippen molar-refractivity contribution in [2.75, 3.05) is 18.5 Å². The molecule has 1 N–H and O–H groups in total. The van der Waals surface area contributed by atoms with Gasteiger partial charge in [-0.05, 0) is 51.5 Å². The lowest BCUT2D eigenvalue weighted by Gasteiger charge is -2.20. The second-order valence-electron chi connectivity index (χ2n) is 10.1. The molecule has 1 aromatic heterocycles. The van der Waals surface area contributed by atoms with Crippen LogP contribution >= 0.6 is 0 Å². The van der Waals surface area contributed by atoms with Crippen LogP contribution in [-0.2, 0) is 19.1 Å². The summed E-state index contributed by atoms with van der Waals surface area (Å²) >= 11 is 0. The van der Waals surface area contributed by atoms with E-state index in [9.17, 15) is 24.5 Å². The summed E-state index contributed by atoms with van der Waals surface area (Å²) in [5.41, 5.74) is -0.0860. The van der Waals surface area contributed by atoms with Gasteiger partial charge in [-0.2, -0.15) is 0 Å². The van der Waals surface area contributed by atoms with E-state index < -0.39 is 40.5 Å². The fraction of sp³-hybridized carbons (Fsp3) is 0.542. The third-order valence-electron chi connectivity index (χ3n) is 4.89. The first-order chi connectivity index (χ1) is 15.6. The van der Waals surface area contributed by atoms with Gasteiger partial charge in [-0.15, -0.1) is 0 Å². The third kappa shape index (κ3) is 7.03. The molecule has 10 nitrogen and oxygen atoms in total. The number of nitrogens with one attached hydrogen (secondary N) is 1. The van der Waals surface area contributed by atoms with Crippen LogP contribution < -0.4 is 5.32 Å². The van der Waals surface area contributed by atoms with E-state index >= 15 is 0 Å². The van der Waals surface area contributed by atoms with Gasteiger partial charge in [-0.1, -0.05) is 20.8 Å². The Labute approximate surface area is 198 Å². The average Bonchev–Trinajstić information content (AvgIpc) is 3.04. The molecule has 0 saturated carbocycles. The number of nitro groups is 1. The fourth-order valence-corrected chi connectivity index (χ4v) is 3.31. The number of esters is 1. The monoisotopic (exact) mass is 475 g/mol. The first kappa shape index (κ1) is 26.8. The van der Waals surface area contributed by atoms with Gasteiger partial charge in [-0.3, -0.25) is 24.3 Å². The molecule has 1 amide bonds. The van der Waals surface area contributed by atoms with Crippen LogP contribution in [0.2, 0.25) is 0 Å². The number of nitrogens with zero attached hydrogens (tertiary/aromatic N) is 2. The van der Waals surface area contributed by atoms with Gasteiger partial charge in [0.2, 0.25) is 12.5 Å². The van der Waals surface area contributed by atoms with Gasteiger partial charge in [0.1, 0.15) is 5.60 Å². The quantitative estimate of drug-likeness (QED) is 0.348. The molecule has 186 valence electrons. The number of rotatable bonds is 7. The molecule has 0 fully saturated rings. The largest absolute Gasteiger partial charge is 0.466 e. The molecular formula is C24H33N3O7. The van der Waals surface area contributed by atoms with Crippen molar-refractivity contribution in [3.63, 3.8) is 0 Å². The Balaban J connectivity index is 2.65. The van der Waals surface area contributed by atoms with Crippen molar-refractivity contribution >= 4 is 34.6 Å². The molecule has 2 aromatic rings. The van der Waals surface area contributed by atoms with Crippen molar-refractivity contribution in [2.45, 2.75) is 66.4 Å². The number of anilines is 1. The van der Waals surface area contributed by atoms with Crippen molar-refractivity contribution in [2.24, 2.45) is 5.41 Å². The number of fused-ring (bicyclic) bond motifs is 1. The summed E-state index contributed by atoms with van der Waals surface area (Å²) in [6.07, 6.45) is 0.564. The molecule has 0 saturated heterocycles. The molecule has 0 radical (unpaired) electrons. The summed E-state index contributed by atoms with van der Waals surface area (Å²) in [6, 6.07) is 4.92. The molecule has 34 heavy (non-hydrogen) atoms. The number of amides is 1. The van der Waals surface area contributed by atoms with E-state index in [0.717, 1.165) is 0 Å². The normalized spacial score (nSPS) is 12.8. The van der Waals surface area contributed by atoms with Crippen LogP contribution in [0.15, 0.2) is 24.4 Å². The van der Waals surface area contributed by atoms with E-state index in [4.69, 9.17) is 9.47 Å². The third-order valence-corrected chi connectivity index (χ3v) is 4.89. The minimum Gasteiger partial charge on any atom is -0.466 e. The van der Waals surface area contributed by atoms with Crippen molar-refractivity contribution in [3.8, 4) is 0 Å². The summed E-state index contributed by atoms with van der Waals surface area (Å²) in [5, 5.41) is 14.7. The number of benzene rings is 1. The van der Waals surface area contributed by atoms with Crippen LogP contribution in [-0.4, -0.2) is 46.2 Å². The Hall–Kier alpha value is -3.43. The van der Waals surface area contributed by atoms with E-state index in [-0.39, 0.29) is 18.9 Å². The first-order valence-electron chi connectivity index (χ1n) is 11.1. The summed E-state index contributed by atoms with van der Waals surface area (Å²) in [4.78, 5) is 48.5. The minimum absolute atomic E-state index is 0.146. The number of ether oxygens (including phenoxy) is 2. The van der Waals surface area contributed by atoms with Crippen molar-refractivity contribution in [1.82, 2.24) is 4.57 Å². The molecular weight excluding hydrogens is 442 g/mol. The summed E-state index contributed by atoms with van der Waals surface area (Å²) in [5.74, 6) is -1.65. The molecule has 1 heterocycles. The van der Waals surface area contributed by atoms with Gasteiger partial charge < -0.3 is 14.8 Å². The topological polar surface area (TPSA) is 130 Å². The van der Waals surface area contributed by atoms with Gasteiger partial charge in [0.05, 0.1) is 24.5 Å². The zero-order valence-electron chi connectivity index (χ0n) is 20.8. The lowest BCUT2D eigenvalue weighted by Crippen LogP contribution is -2.27. The Bertz CT molecular complexity index is 1090. The molecule has 0 aliphatic rings. The second-order valence-corrected chi connectivity index (χ2v) is 10.1. The predicted octanol–water partition coefficient (Wildman–Crippen LogP) is 4.72. The SMILES string of the molecule is CCOC(=O)CC(C[N+](=O)[O-])c1cn(C(=O)OC(C)(C)C)c2ccc(NC(=O)C(C)(C)C)cc12. The minimum atomic E-state index is -0.853. The van der Waals surface area contributed by atoms with Crippen LogP contribution in [0.25, 0.3) is 10.9 Å². The van der Waals surface area contributed by atoms with E-state index in [1.54, 1.807) is 66.7 Å². The van der Waals surface area contributed by atoms with Gasteiger partial charge in [0.15, 0.2) is 0 Å². The summed E-state index contributed by atoms with van der Waals surface area (Å²) < 4.78 is 11.8. The number of hydrogen-bond acceptors (Lipinski definition) is 7. The number of carbonyl (C=O) groups excluding carboxylic acids is 3. The van der Waals surface area contributed by atoms with Crippen LogP contribution in [0.3, 0.4) is 0 Å². The maximum absolute atomic E-state index is 12.9. The highest BCUT2D eigenvalue weighted by atomic mass is 16.6. The number of aromatic nitrogens is 1. The van der Waals surface area contributed by atoms with Gasteiger partial charge in [0, 0.05) is 27.6 Å². The lowest BCUT2D eigenvalue weighted by atomic mass is 9.94. The Kier molecular flexibility index (Phi) is 8.07. The van der Waals surface area contributed by atoms with Crippen molar-refractivity contribution < 1.29 is 28.8 Å². The smallest absolute Gasteiger partial charge is 0.419 e. The number of carbonyl (C=O) groups is 3. The molecule has 1 unspecified atom stereocenters. The maximum atomic E-state index is 12.9. The molecule has 1 atom stereocenters. The van der Waals surface area contributed by atoms with E-state index in [1.807, 2.05) is 0 Å².